The summed E-state index contributed by atoms with van der Waals surface area (Å²) in [6.45, 7) is 4.75. The van der Waals surface area contributed by atoms with Gasteiger partial charge in [-0.15, -0.1) is 5.11 Å². The molecule has 0 fully saturated rings. The number of hydrogen-bond donors (Lipinski definition) is 1. The van der Waals surface area contributed by atoms with Crippen LogP contribution in [0.25, 0.3) is 0 Å². The van der Waals surface area contributed by atoms with E-state index < -0.39 is 0 Å². The molecule has 19 heavy (non-hydrogen) atoms. The number of amides is 1. The minimum atomic E-state index is -0.0604. The highest BCUT2D eigenvalue weighted by Gasteiger charge is 2.07. The summed E-state index contributed by atoms with van der Waals surface area (Å²) in [6, 6.07) is 5.47. The van der Waals surface area contributed by atoms with Gasteiger partial charge in [0.25, 0.3) is 5.91 Å². The van der Waals surface area contributed by atoms with Crippen molar-refractivity contribution in [1.29, 1.82) is 0 Å². The maximum Gasteiger partial charge on any atom is 0.251 e. The number of carbonyl (C=O) groups excluding carboxylic acids is 1. The maximum atomic E-state index is 11.9. The second-order valence-corrected chi connectivity index (χ2v) is 4.65. The lowest BCUT2D eigenvalue weighted by molar-refractivity contribution is 0.0953. The van der Waals surface area contributed by atoms with Crippen LogP contribution >= 0.6 is 0 Å². The van der Waals surface area contributed by atoms with E-state index in [0.29, 0.717) is 12.1 Å². The van der Waals surface area contributed by atoms with E-state index in [2.05, 4.69) is 22.6 Å². The van der Waals surface area contributed by atoms with Crippen LogP contribution in [0.3, 0.4) is 0 Å². The fraction of sp³-hybridized carbons (Fsp3) is 0.500. The standard InChI is InChI=1S/C14H22N4O/c1-5-6-9-15-14(19)12-8-7-11(2)13(10-12)16-17-18(3)4/h7-8,10H,5-6,9H2,1-4H3,(H,15,19). The van der Waals surface area contributed by atoms with E-state index in [1.165, 1.54) is 0 Å². The number of rotatable bonds is 6. The van der Waals surface area contributed by atoms with E-state index >= 15 is 0 Å². The molecule has 5 heteroatoms. The number of nitrogens with zero attached hydrogens (tertiary/aromatic N) is 3. The van der Waals surface area contributed by atoms with Crippen LogP contribution in [0.1, 0.15) is 35.7 Å². The Bertz CT molecular complexity index is 455. The summed E-state index contributed by atoms with van der Waals surface area (Å²) < 4.78 is 0. The molecule has 1 rings (SSSR count). The van der Waals surface area contributed by atoms with Crippen molar-refractivity contribution in [3.8, 4) is 0 Å². The lowest BCUT2D eigenvalue weighted by atomic mass is 10.1. The molecule has 104 valence electrons. The predicted molar refractivity (Wildman–Crippen MR) is 76.6 cm³/mol. The van der Waals surface area contributed by atoms with Crippen molar-refractivity contribution in [2.75, 3.05) is 20.6 Å². The molecule has 1 N–H and O–H groups in total. The van der Waals surface area contributed by atoms with E-state index in [4.69, 9.17) is 0 Å². The third kappa shape index (κ3) is 5.07. The second-order valence-electron chi connectivity index (χ2n) is 4.65. The molecule has 0 heterocycles. The summed E-state index contributed by atoms with van der Waals surface area (Å²) in [5.74, 6) is -0.0604. The quantitative estimate of drug-likeness (QED) is 0.486. The number of benzene rings is 1. The SMILES string of the molecule is CCCCNC(=O)c1ccc(C)c(N=NN(C)C)c1. The number of aryl methyl sites for hydroxylation is 1. The molecule has 0 aliphatic rings. The van der Waals surface area contributed by atoms with Crippen molar-refractivity contribution in [2.45, 2.75) is 26.7 Å². The van der Waals surface area contributed by atoms with Crippen LogP contribution in [0.5, 0.6) is 0 Å². The molecule has 1 aromatic carbocycles. The zero-order chi connectivity index (χ0) is 14.3. The molecule has 0 aliphatic carbocycles. The highest BCUT2D eigenvalue weighted by molar-refractivity contribution is 5.95. The number of unbranched alkanes of at least 4 members (excludes halogenated alkanes) is 1. The highest BCUT2D eigenvalue weighted by atomic mass is 16.1. The van der Waals surface area contributed by atoms with Crippen LogP contribution < -0.4 is 5.32 Å². The van der Waals surface area contributed by atoms with Crippen molar-refractivity contribution in [3.63, 3.8) is 0 Å². The molecule has 1 amide bonds. The normalized spacial score (nSPS) is 10.7. The molecule has 0 saturated heterocycles. The van der Waals surface area contributed by atoms with Gasteiger partial charge in [0.05, 0.1) is 5.69 Å². The van der Waals surface area contributed by atoms with Gasteiger partial charge < -0.3 is 5.32 Å². The highest BCUT2D eigenvalue weighted by Crippen LogP contribution is 2.20. The Morgan fingerprint density at radius 2 is 2.11 bits per heavy atom. The van der Waals surface area contributed by atoms with E-state index in [1.807, 2.05) is 19.1 Å². The van der Waals surface area contributed by atoms with Gasteiger partial charge in [-0.25, -0.2) is 0 Å². The van der Waals surface area contributed by atoms with Crippen LogP contribution in [0.2, 0.25) is 0 Å². The smallest absolute Gasteiger partial charge is 0.251 e. The average Bonchev–Trinajstić information content (AvgIpc) is 2.37. The van der Waals surface area contributed by atoms with Crippen molar-refractivity contribution in [2.24, 2.45) is 10.3 Å². The minimum absolute atomic E-state index is 0.0604. The molecule has 5 nitrogen and oxygen atoms in total. The summed E-state index contributed by atoms with van der Waals surface area (Å²) in [6.07, 6.45) is 2.06. The van der Waals surface area contributed by atoms with Gasteiger partial charge in [0, 0.05) is 26.2 Å². The molecule has 0 atom stereocenters. The van der Waals surface area contributed by atoms with Gasteiger partial charge in [0.2, 0.25) is 0 Å². The van der Waals surface area contributed by atoms with Gasteiger partial charge >= 0.3 is 0 Å². The van der Waals surface area contributed by atoms with Gasteiger partial charge in [-0.2, -0.15) is 0 Å². The van der Waals surface area contributed by atoms with Crippen LogP contribution in [0.4, 0.5) is 5.69 Å². The van der Waals surface area contributed by atoms with Crippen LogP contribution in [-0.2, 0) is 0 Å². The van der Waals surface area contributed by atoms with Crippen molar-refractivity contribution < 1.29 is 4.79 Å². The first kappa shape index (κ1) is 15.1. The third-order valence-electron chi connectivity index (χ3n) is 2.62. The molecule has 1 aromatic rings. The molecule has 0 radical (unpaired) electrons. The minimum Gasteiger partial charge on any atom is -0.352 e. The van der Waals surface area contributed by atoms with Crippen LogP contribution in [0.15, 0.2) is 28.5 Å². The number of nitrogens with one attached hydrogen (secondary N) is 1. The molecule has 0 aromatic heterocycles. The van der Waals surface area contributed by atoms with E-state index in [1.54, 1.807) is 25.2 Å². The van der Waals surface area contributed by atoms with Gasteiger partial charge in [-0.3, -0.25) is 9.80 Å². The third-order valence-corrected chi connectivity index (χ3v) is 2.62. The Hall–Kier alpha value is -1.91. The topological polar surface area (TPSA) is 57.1 Å². The Kier molecular flexibility index (Phi) is 5.99. The molecule has 0 bridgehead atoms. The van der Waals surface area contributed by atoms with Crippen LogP contribution in [-0.4, -0.2) is 31.6 Å². The molecular formula is C14H22N4O. The molecule has 0 unspecified atom stereocenters. The summed E-state index contributed by atoms with van der Waals surface area (Å²) in [7, 11) is 3.61. The Morgan fingerprint density at radius 3 is 2.74 bits per heavy atom. The van der Waals surface area contributed by atoms with Crippen molar-refractivity contribution in [1.82, 2.24) is 10.3 Å². The zero-order valence-corrected chi connectivity index (χ0v) is 12.1. The summed E-state index contributed by atoms with van der Waals surface area (Å²) >= 11 is 0. The summed E-state index contributed by atoms with van der Waals surface area (Å²) in [5.41, 5.74) is 2.34. The van der Waals surface area contributed by atoms with E-state index in [-0.39, 0.29) is 5.91 Å². The lowest BCUT2D eigenvalue weighted by Gasteiger charge is -2.07. The number of hydrogen-bond acceptors (Lipinski definition) is 3. The Morgan fingerprint density at radius 1 is 1.37 bits per heavy atom. The fourth-order valence-electron chi connectivity index (χ4n) is 1.48. The lowest BCUT2D eigenvalue weighted by Crippen LogP contribution is -2.24. The van der Waals surface area contributed by atoms with Gasteiger partial charge in [0.1, 0.15) is 0 Å². The van der Waals surface area contributed by atoms with E-state index in [9.17, 15) is 4.79 Å². The Labute approximate surface area is 114 Å². The maximum absolute atomic E-state index is 11.9. The second kappa shape index (κ2) is 7.51. The number of carbonyl (C=O) groups is 1. The Balaban J connectivity index is 2.80. The summed E-state index contributed by atoms with van der Waals surface area (Å²) in [4.78, 5) is 11.9. The molecule has 0 saturated carbocycles. The van der Waals surface area contributed by atoms with Gasteiger partial charge in [-0.1, -0.05) is 24.6 Å². The van der Waals surface area contributed by atoms with Gasteiger partial charge in [-0.05, 0) is 31.0 Å². The van der Waals surface area contributed by atoms with Crippen LogP contribution in [0, 0.1) is 6.92 Å². The van der Waals surface area contributed by atoms with Crippen molar-refractivity contribution in [3.05, 3.63) is 29.3 Å². The fourth-order valence-corrected chi connectivity index (χ4v) is 1.48. The first-order chi connectivity index (χ1) is 9.04. The van der Waals surface area contributed by atoms with Crippen molar-refractivity contribution >= 4 is 11.6 Å². The molecule has 0 aliphatic heterocycles. The van der Waals surface area contributed by atoms with Gasteiger partial charge in [0.15, 0.2) is 0 Å². The molecular weight excluding hydrogens is 240 g/mol. The zero-order valence-electron chi connectivity index (χ0n) is 12.1. The first-order valence-electron chi connectivity index (χ1n) is 6.52. The summed E-state index contributed by atoms with van der Waals surface area (Å²) in [5, 5.41) is 12.6. The van der Waals surface area contributed by atoms with E-state index in [0.717, 1.165) is 24.1 Å². The average molecular weight is 262 g/mol. The molecule has 0 spiro atoms. The monoisotopic (exact) mass is 262 g/mol. The largest absolute Gasteiger partial charge is 0.352 e. The predicted octanol–water partition coefficient (Wildman–Crippen LogP) is 3.09. The first-order valence-corrected chi connectivity index (χ1v) is 6.52.